The van der Waals surface area contributed by atoms with E-state index in [1.165, 1.54) is 6.07 Å². The molecule has 0 unspecified atom stereocenters. The molecule has 0 saturated carbocycles. The van der Waals surface area contributed by atoms with Gasteiger partial charge in [-0.05, 0) is 24.6 Å². The number of rotatable bonds is 2. The zero-order chi connectivity index (χ0) is 13.1. The molecule has 1 N–H and O–H groups in total. The van der Waals surface area contributed by atoms with Gasteiger partial charge in [0.05, 0.1) is 36.1 Å². The summed E-state index contributed by atoms with van der Waals surface area (Å²) in [6.45, 7) is 4.37. The second kappa shape index (κ2) is 5.07. The van der Waals surface area contributed by atoms with Crippen molar-refractivity contribution in [3.05, 3.63) is 28.8 Å². The molecule has 0 spiro atoms. The Morgan fingerprint density at radius 2 is 2.11 bits per heavy atom. The van der Waals surface area contributed by atoms with Gasteiger partial charge in [-0.15, -0.1) is 0 Å². The van der Waals surface area contributed by atoms with Gasteiger partial charge >= 0.3 is 5.97 Å². The predicted octanol–water partition coefficient (Wildman–Crippen LogP) is 1.40. The fraction of sp³-hybridized carbons (Fsp3) is 0.385. The van der Waals surface area contributed by atoms with E-state index >= 15 is 0 Å². The van der Waals surface area contributed by atoms with Crippen LogP contribution in [0.2, 0.25) is 0 Å². The van der Waals surface area contributed by atoms with Crippen molar-refractivity contribution in [2.24, 2.45) is 0 Å². The van der Waals surface area contributed by atoms with Crippen molar-refractivity contribution in [3.8, 4) is 6.07 Å². The van der Waals surface area contributed by atoms with Gasteiger partial charge in [-0.3, -0.25) is 0 Å². The van der Waals surface area contributed by atoms with E-state index in [-0.39, 0.29) is 5.56 Å². The number of benzene rings is 1. The van der Waals surface area contributed by atoms with Crippen molar-refractivity contribution in [1.29, 1.82) is 5.26 Å². The zero-order valence-corrected chi connectivity index (χ0v) is 10.1. The lowest BCUT2D eigenvalue weighted by Gasteiger charge is -2.31. The summed E-state index contributed by atoms with van der Waals surface area (Å²) in [5.41, 5.74) is 2.08. The highest BCUT2D eigenvalue weighted by atomic mass is 16.5. The highest BCUT2D eigenvalue weighted by Gasteiger charge is 2.21. The molecule has 0 amide bonds. The Bertz CT molecular complexity index is 514. The van der Waals surface area contributed by atoms with E-state index in [4.69, 9.17) is 10.00 Å². The summed E-state index contributed by atoms with van der Waals surface area (Å²) in [5.74, 6) is -1.00. The third kappa shape index (κ3) is 2.29. The van der Waals surface area contributed by atoms with Crippen molar-refractivity contribution in [2.45, 2.75) is 6.92 Å². The third-order valence-corrected chi connectivity index (χ3v) is 2.99. The fourth-order valence-corrected chi connectivity index (χ4v) is 2.21. The number of aromatic carboxylic acids is 1. The lowest BCUT2D eigenvalue weighted by atomic mass is 10.0. The monoisotopic (exact) mass is 246 g/mol. The Morgan fingerprint density at radius 1 is 1.44 bits per heavy atom. The number of morpholine rings is 1. The lowest BCUT2D eigenvalue weighted by Crippen LogP contribution is -2.37. The van der Waals surface area contributed by atoms with E-state index in [1.807, 2.05) is 17.9 Å². The quantitative estimate of drug-likeness (QED) is 0.853. The minimum atomic E-state index is -1.00. The highest BCUT2D eigenvalue weighted by Crippen LogP contribution is 2.27. The maximum atomic E-state index is 11.3. The minimum absolute atomic E-state index is 0.188. The molecule has 94 valence electrons. The molecule has 1 aromatic carbocycles. The molecule has 18 heavy (non-hydrogen) atoms. The van der Waals surface area contributed by atoms with E-state index in [0.717, 1.165) is 5.56 Å². The molecule has 0 radical (unpaired) electrons. The largest absolute Gasteiger partial charge is 0.478 e. The van der Waals surface area contributed by atoms with Gasteiger partial charge in [0.15, 0.2) is 0 Å². The summed E-state index contributed by atoms with van der Waals surface area (Å²) in [4.78, 5) is 13.3. The average molecular weight is 246 g/mol. The van der Waals surface area contributed by atoms with Crippen molar-refractivity contribution >= 4 is 11.7 Å². The third-order valence-electron chi connectivity index (χ3n) is 2.99. The Morgan fingerprint density at radius 3 is 2.67 bits per heavy atom. The number of nitriles is 1. The van der Waals surface area contributed by atoms with Crippen LogP contribution in [-0.2, 0) is 4.74 Å². The Balaban J connectivity index is 2.50. The van der Waals surface area contributed by atoms with Gasteiger partial charge in [-0.2, -0.15) is 5.26 Å². The van der Waals surface area contributed by atoms with Crippen molar-refractivity contribution in [3.63, 3.8) is 0 Å². The van der Waals surface area contributed by atoms with Gasteiger partial charge in [-0.25, -0.2) is 4.79 Å². The number of hydrogen-bond donors (Lipinski definition) is 1. The van der Waals surface area contributed by atoms with Gasteiger partial charge in [0.1, 0.15) is 0 Å². The molecule has 0 aromatic heterocycles. The Hall–Kier alpha value is -2.06. The number of aryl methyl sites for hydroxylation is 1. The van der Waals surface area contributed by atoms with Crippen LogP contribution in [0.15, 0.2) is 12.1 Å². The zero-order valence-electron chi connectivity index (χ0n) is 10.1. The van der Waals surface area contributed by atoms with E-state index in [0.29, 0.717) is 37.6 Å². The molecule has 0 atom stereocenters. The van der Waals surface area contributed by atoms with Crippen molar-refractivity contribution in [2.75, 3.05) is 31.2 Å². The van der Waals surface area contributed by atoms with Crippen LogP contribution in [0.4, 0.5) is 5.69 Å². The smallest absolute Gasteiger partial charge is 0.337 e. The van der Waals surface area contributed by atoms with Crippen molar-refractivity contribution < 1.29 is 14.6 Å². The molecular weight excluding hydrogens is 232 g/mol. The molecule has 1 heterocycles. The van der Waals surface area contributed by atoms with Crippen LogP contribution in [0.5, 0.6) is 0 Å². The van der Waals surface area contributed by atoms with E-state index in [1.54, 1.807) is 6.07 Å². The molecule has 1 aromatic rings. The maximum Gasteiger partial charge on any atom is 0.337 e. The molecule has 1 aliphatic rings. The predicted molar refractivity (Wildman–Crippen MR) is 65.9 cm³/mol. The molecule has 1 fully saturated rings. The van der Waals surface area contributed by atoms with Gasteiger partial charge in [0.2, 0.25) is 0 Å². The second-order valence-corrected chi connectivity index (χ2v) is 4.21. The number of carboxylic acids is 1. The number of ether oxygens (including phenoxy) is 1. The molecule has 0 bridgehead atoms. The van der Waals surface area contributed by atoms with Gasteiger partial charge in [0.25, 0.3) is 0 Å². The average Bonchev–Trinajstić information content (AvgIpc) is 2.38. The Kier molecular flexibility index (Phi) is 3.49. The molecule has 1 aliphatic heterocycles. The van der Waals surface area contributed by atoms with Crippen LogP contribution in [0.3, 0.4) is 0 Å². The first-order valence-corrected chi connectivity index (χ1v) is 5.74. The van der Waals surface area contributed by atoms with Crippen LogP contribution in [0.25, 0.3) is 0 Å². The van der Waals surface area contributed by atoms with Crippen LogP contribution < -0.4 is 4.90 Å². The summed E-state index contributed by atoms with van der Waals surface area (Å²) in [6, 6.07) is 5.14. The van der Waals surface area contributed by atoms with Gasteiger partial charge < -0.3 is 14.7 Å². The van der Waals surface area contributed by atoms with Crippen LogP contribution >= 0.6 is 0 Å². The summed E-state index contributed by atoms with van der Waals surface area (Å²) in [7, 11) is 0. The molecule has 2 rings (SSSR count). The molecule has 1 saturated heterocycles. The summed E-state index contributed by atoms with van der Waals surface area (Å²) in [5, 5.41) is 18.2. The molecule has 5 heteroatoms. The lowest BCUT2D eigenvalue weighted by molar-refractivity contribution is 0.0696. The fourth-order valence-electron chi connectivity index (χ4n) is 2.21. The van der Waals surface area contributed by atoms with Crippen LogP contribution in [0, 0.1) is 18.3 Å². The first-order chi connectivity index (χ1) is 8.63. The minimum Gasteiger partial charge on any atom is -0.478 e. The molecular formula is C13H14N2O3. The number of carboxylic acid groups (broad SMARTS) is 1. The summed E-state index contributed by atoms with van der Waals surface area (Å²) < 4.78 is 5.26. The molecule has 5 nitrogen and oxygen atoms in total. The van der Waals surface area contributed by atoms with E-state index < -0.39 is 5.97 Å². The van der Waals surface area contributed by atoms with Gasteiger partial charge in [-0.1, -0.05) is 0 Å². The standard InChI is InChI=1S/C13H14N2O3/c1-9-6-10(8-14)7-11(13(16)17)12(9)15-2-4-18-5-3-15/h6-7H,2-5H2,1H3,(H,16,17). The summed E-state index contributed by atoms with van der Waals surface area (Å²) in [6.07, 6.45) is 0. The first-order valence-electron chi connectivity index (χ1n) is 5.74. The van der Waals surface area contributed by atoms with Crippen LogP contribution in [0.1, 0.15) is 21.5 Å². The number of hydrogen-bond acceptors (Lipinski definition) is 4. The van der Waals surface area contributed by atoms with Gasteiger partial charge in [0, 0.05) is 13.1 Å². The first kappa shape index (κ1) is 12.4. The summed E-state index contributed by atoms with van der Waals surface area (Å²) >= 11 is 0. The SMILES string of the molecule is Cc1cc(C#N)cc(C(=O)O)c1N1CCOCC1. The van der Waals surface area contributed by atoms with Crippen molar-refractivity contribution in [1.82, 2.24) is 0 Å². The second-order valence-electron chi connectivity index (χ2n) is 4.21. The van der Waals surface area contributed by atoms with E-state index in [2.05, 4.69) is 0 Å². The number of carbonyl (C=O) groups is 1. The maximum absolute atomic E-state index is 11.3. The van der Waals surface area contributed by atoms with Crippen LogP contribution in [-0.4, -0.2) is 37.4 Å². The van der Waals surface area contributed by atoms with E-state index in [9.17, 15) is 9.90 Å². The highest BCUT2D eigenvalue weighted by molar-refractivity contribution is 5.96. The Labute approximate surface area is 105 Å². The molecule has 0 aliphatic carbocycles. The number of nitrogens with zero attached hydrogens (tertiary/aromatic N) is 2. The topological polar surface area (TPSA) is 73.6 Å². The normalized spacial score (nSPS) is 15.2. The number of anilines is 1.